The molecule has 8 aliphatic rings. The second-order valence-corrected chi connectivity index (χ2v) is 28.8. The fraction of sp³-hybridized carbons (Fsp3) is 0.661. The van der Waals surface area contributed by atoms with Gasteiger partial charge in [-0.1, -0.05) is 57.9 Å². The molecule has 17 N–H and O–H groups in total. The van der Waals surface area contributed by atoms with Crippen molar-refractivity contribution in [3.05, 3.63) is 57.6 Å². The summed E-state index contributed by atoms with van der Waals surface area (Å²) in [4.78, 5) is 128. The molecule has 6 unspecified atom stereocenters. The molecular weight excluding hydrogens is 1180 g/mol. The van der Waals surface area contributed by atoms with E-state index in [0.29, 0.717) is 45.4 Å². The van der Waals surface area contributed by atoms with Gasteiger partial charge in [0.15, 0.2) is 6.23 Å². The van der Waals surface area contributed by atoms with Gasteiger partial charge in [-0.25, -0.2) is 4.57 Å². The van der Waals surface area contributed by atoms with E-state index >= 15 is 0 Å². The third-order valence-electron chi connectivity index (χ3n) is 21.0. The minimum Gasteiger partial charge on any atom is -0.394 e. The number of aliphatic imine (C=N–C) groups is 4. The number of nitrogens with zero attached hydrogens (tertiary/aromatic N) is 5. The first-order valence-electron chi connectivity index (χ1n) is 30.8. The standard InChI is InChI=1S/C62H92N13O14P/c1-29-20-39-40(21-30(29)2)75(28-70-39)57-52(84)53(41(27-76)87-57)89-90(85,86)88-31(3)26-69-49(83)18-19-59(8)37(22-46(66)80)56-62(11)61(10,25-48(68)82)36(14-17-45(65)79)51(74-62)33(5)55-60(9,24-47(67)81)34(12-15-43(63)77)38(71-55)23-42-58(6,7)35(13-16-44(64)78)50(72-42)32(4)54(59)73-56/h20-21,23,28,31,34-37,39-41,52-53,56-57,71,76,84H,12-19,22,24-27H2,1-11H3,(H2,63,77)(H2,64,78)(H2,65,79)(H2,66,80)(H2,67,81)(H2,68,82)(H,69,83)(H,85,86)/b38-23-,50-32-,55-33?/t31?,34-,35-,36+,37+,39?,40?,41-,52-,53-,56?,57+,59-,60+,61+,62?/m1/s1. The number of hydrogen-bond acceptors (Lipinski definition) is 19. The molecule has 8 rings (SSSR count). The Morgan fingerprint density at radius 3 is 1.99 bits per heavy atom. The fourth-order valence-electron chi connectivity index (χ4n) is 15.8. The highest BCUT2D eigenvalue weighted by molar-refractivity contribution is 7.47. The number of phosphoric ester groups is 1. The molecule has 90 heavy (non-hydrogen) atoms. The van der Waals surface area contributed by atoms with E-state index in [1.165, 1.54) is 13.3 Å². The molecule has 28 heteroatoms. The number of aliphatic hydroxyl groups excluding tert-OH is 2. The zero-order valence-electron chi connectivity index (χ0n) is 53.4. The molecule has 27 nitrogen and oxygen atoms in total. The number of fused-ring (bicyclic) bond motifs is 7. The number of amides is 7. The van der Waals surface area contributed by atoms with Crippen LogP contribution in [-0.4, -0.2) is 152 Å². The number of carbonyl (C=O) groups excluding carboxylic acids is 7. The van der Waals surface area contributed by atoms with E-state index in [2.05, 4.69) is 15.6 Å². The number of allylic oxidation sites excluding steroid dienone is 8. The van der Waals surface area contributed by atoms with Gasteiger partial charge in [0, 0.05) is 131 Å². The van der Waals surface area contributed by atoms with Crippen LogP contribution in [0, 0.1) is 45.3 Å². The van der Waals surface area contributed by atoms with E-state index in [4.69, 9.17) is 63.2 Å². The van der Waals surface area contributed by atoms with Gasteiger partial charge in [0.2, 0.25) is 41.4 Å². The smallest absolute Gasteiger partial charge is 0.394 e. The van der Waals surface area contributed by atoms with Gasteiger partial charge in [-0.3, -0.25) is 62.6 Å². The molecular formula is C62H92N13O14P. The summed E-state index contributed by atoms with van der Waals surface area (Å²) in [6, 6.07) is -1.62. The number of rotatable bonds is 26. The van der Waals surface area contributed by atoms with Crippen molar-refractivity contribution in [1.82, 2.24) is 15.5 Å². The van der Waals surface area contributed by atoms with Crippen molar-refractivity contribution in [1.29, 1.82) is 0 Å². The SMILES string of the molecule is CC1=CC2N=CN([C@H]3O[C@H](CO)[C@@H](OP(=O)(O)OC(C)CNC(=O)CC[C@@]4(C)C5=NC([C@@H]4CC(N)=O)C4(C)N=C(C(C)=C6N/C(=C\C7=NC(=C\5C)/[C@@H](CCC(N)=O)C7(C)C)[C@@H](CCC(N)=O)[C@]6(C)CC(N)=O)[C@H](CCC(N)=O)[C@]4(C)CC(N)=O)[C@H]3O)C2C=C1C. The zero-order chi connectivity index (χ0) is 66.7. The Hall–Kier alpha value is -6.74. The van der Waals surface area contributed by atoms with Gasteiger partial charge in [-0.2, -0.15) is 0 Å². The molecule has 2 fully saturated rings. The summed E-state index contributed by atoms with van der Waals surface area (Å²) in [5, 5.41) is 28.3. The molecule has 8 bridgehead atoms. The summed E-state index contributed by atoms with van der Waals surface area (Å²) < 4.78 is 30.8. The molecule has 1 aliphatic carbocycles. The molecule has 0 aromatic carbocycles. The normalized spacial score (nSPS) is 36.4. The summed E-state index contributed by atoms with van der Waals surface area (Å²) in [6.07, 6.45) is -0.0423. The Labute approximate surface area is 524 Å². The van der Waals surface area contributed by atoms with Crippen molar-refractivity contribution in [2.75, 3.05) is 13.2 Å². The lowest BCUT2D eigenvalue weighted by molar-refractivity contribution is -0.124. The highest BCUT2D eigenvalue weighted by Gasteiger charge is 2.66. The van der Waals surface area contributed by atoms with Crippen molar-refractivity contribution >= 4 is 72.6 Å². The van der Waals surface area contributed by atoms with Crippen LogP contribution in [0.5, 0.6) is 0 Å². The molecule has 0 radical (unpaired) electrons. The van der Waals surface area contributed by atoms with Crippen LogP contribution in [-0.2, 0) is 51.9 Å². The molecule has 2 saturated heterocycles. The van der Waals surface area contributed by atoms with E-state index in [9.17, 15) is 53.2 Å². The van der Waals surface area contributed by atoms with Crippen LogP contribution in [0.2, 0.25) is 0 Å². The van der Waals surface area contributed by atoms with Crippen LogP contribution in [0.25, 0.3) is 0 Å². The average Bonchev–Trinajstić information content (AvgIpc) is 1.53. The third kappa shape index (κ3) is 13.1. The number of carbonyl (C=O) groups is 7. The van der Waals surface area contributed by atoms with Crippen LogP contribution in [0.3, 0.4) is 0 Å². The Bertz CT molecular complexity index is 3330. The first kappa shape index (κ1) is 69.2. The summed E-state index contributed by atoms with van der Waals surface area (Å²) in [5.41, 5.74) is 36.3. The molecule has 7 aliphatic heterocycles. The molecule has 17 atom stereocenters. The minimum absolute atomic E-state index is 0.00822. The summed E-state index contributed by atoms with van der Waals surface area (Å²) in [7, 11) is -5.06. The van der Waals surface area contributed by atoms with Crippen LogP contribution in [0.1, 0.15) is 147 Å². The monoisotopic (exact) mass is 1270 g/mol. The van der Waals surface area contributed by atoms with Gasteiger partial charge in [-0.15, -0.1) is 0 Å². The Morgan fingerprint density at radius 2 is 1.40 bits per heavy atom. The number of phosphoric acid groups is 1. The average molecular weight is 1270 g/mol. The molecule has 0 spiro atoms. The number of nitrogens with one attached hydrogen (secondary N) is 2. The quantitative estimate of drug-likeness (QED) is 0.0554. The maximum Gasteiger partial charge on any atom is 0.472 e. The van der Waals surface area contributed by atoms with Crippen molar-refractivity contribution in [3.8, 4) is 0 Å². The summed E-state index contributed by atoms with van der Waals surface area (Å²) >= 11 is 0. The third-order valence-corrected chi connectivity index (χ3v) is 22.1. The van der Waals surface area contributed by atoms with Gasteiger partial charge in [-0.05, 0) is 84.4 Å². The van der Waals surface area contributed by atoms with Gasteiger partial charge < -0.3 is 69.8 Å². The summed E-state index contributed by atoms with van der Waals surface area (Å²) in [6.45, 7) is 19.4. The van der Waals surface area contributed by atoms with E-state index in [1.807, 2.05) is 87.5 Å². The largest absolute Gasteiger partial charge is 0.472 e. The molecule has 0 saturated carbocycles. The predicted molar refractivity (Wildman–Crippen MR) is 335 cm³/mol. The van der Waals surface area contributed by atoms with Crippen molar-refractivity contribution in [2.24, 2.45) is 99.7 Å². The lowest BCUT2D eigenvalue weighted by Crippen LogP contribution is -2.56. The van der Waals surface area contributed by atoms with Crippen LogP contribution in [0.4, 0.5) is 0 Å². The molecule has 7 heterocycles. The lowest BCUT2D eigenvalue weighted by atomic mass is 9.55. The number of hydrogen-bond donors (Lipinski definition) is 11. The van der Waals surface area contributed by atoms with Crippen LogP contribution in [0.15, 0.2) is 77.6 Å². The van der Waals surface area contributed by atoms with E-state index in [1.54, 1.807) is 4.90 Å². The minimum atomic E-state index is -5.06. The van der Waals surface area contributed by atoms with Crippen molar-refractivity contribution < 1.29 is 67.0 Å². The maximum atomic E-state index is 14.4. The fourth-order valence-corrected chi connectivity index (χ4v) is 17.0. The first-order chi connectivity index (χ1) is 41.8. The van der Waals surface area contributed by atoms with Gasteiger partial charge in [0.05, 0.1) is 42.7 Å². The first-order valence-corrected chi connectivity index (χ1v) is 32.3. The Balaban J connectivity index is 1.18. The van der Waals surface area contributed by atoms with Gasteiger partial charge in [0.1, 0.15) is 18.3 Å². The predicted octanol–water partition coefficient (Wildman–Crippen LogP) is 2.31. The lowest BCUT2D eigenvalue weighted by Gasteiger charge is -2.48. The molecule has 494 valence electrons. The number of aliphatic hydroxyl groups is 2. The number of ether oxygens (including phenoxy) is 1. The Kier molecular flexibility index (Phi) is 19.8. The van der Waals surface area contributed by atoms with Crippen LogP contribution >= 0.6 is 7.82 Å². The number of nitrogens with two attached hydrogens (primary N) is 6. The number of primary amides is 6. The highest BCUT2D eigenvalue weighted by atomic mass is 31.2. The van der Waals surface area contributed by atoms with Crippen molar-refractivity contribution in [2.45, 2.75) is 201 Å². The highest BCUT2D eigenvalue weighted by Crippen LogP contribution is 2.63. The van der Waals surface area contributed by atoms with E-state index in [-0.39, 0.29) is 89.3 Å². The Morgan fingerprint density at radius 1 is 0.800 bits per heavy atom. The van der Waals surface area contributed by atoms with Crippen molar-refractivity contribution in [3.63, 3.8) is 0 Å². The maximum absolute atomic E-state index is 14.4. The molecule has 7 amide bonds. The summed E-state index contributed by atoms with van der Waals surface area (Å²) in [5.74, 6) is -7.16. The second-order valence-electron chi connectivity index (χ2n) is 27.4. The van der Waals surface area contributed by atoms with E-state index < -0.39 is 143 Å². The molecule has 0 aromatic rings. The van der Waals surface area contributed by atoms with Gasteiger partial charge >= 0.3 is 7.82 Å². The van der Waals surface area contributed by atoms with Gasteiger partial charge in [0.25, 0.3) is 0 Å². The second kappa shape index (κ2) is 25.7. The topological polar surface area (TPSA) is 458 Å². The zero-order valence-corrected chi connectivity index (χ0v) is 54.3. The van der Waals surface area contributed by atoms with E-state index in [0.717, 1.165) is 11.1 Å². The van der Waals surface area contributed by atoms with Crippen LogP contribution < -0.4 is 45.0 Å². The molecule has 0 aromatic heterocycles.